The van der Waals surface area contributed by atoms with Gasteiger partial charge >= 0.3 is 5.69 Å². The molecule has 2 heterocycles. The Labute approximate surface area is 120 Å². The minimum atomic E-state index is -0.460. The van der Waals surface area contributed by atoms with Crippen molar-refractivity contribution in [2.24, 2.45) is 0 Å². The van der Waals surface area contributed by atoms with Gasteiger partial charge in [0.2, 0.25) is 0 Å². The molecule has 106 valence electrons. The molecule has 0 aliphatic carbocycles. The largest absolute Gasteiger partial charge is 0.378 e. The van der Waals surface area contributed by atoms with Crippen molar-refractivity contribution in [1.82, 2.24) is 24.8 Å². The number of rotatable bonds is 5. The molecule has 0 unspecified atom stereocenters. The van der Waals surface area contributed by atoms with Crippen molar-refractivity contribution < 1.29 is 0 Å². The van der Waals surface area contributed by atoms with Crippen LogP contribution in [0.4, 0.5) is 0 Å². The van der Waals surface area contributed by atoms with Crippen LogP contribution in [-0.2, 0) is 13.0 Å². The number of aromatic nitrogens is 4. The van der Waals surface area contributed by atoms with E-state index in [-0.39, 0.29) is 12.1 Å². The van der Waals surface area contributed by atoms with E-state index in [2.05, 4.69) is 20.3 Å². The summed E-state index contributed by atoms with van der Waals surface area (Å²) in [5.41, 5.74) is 0.657. The Hall–Kier alpha value is -2.22. The van der Waals surface area contributed by atoms with E-state index in [0.717, 1.165) is 12.1 Å². The highest BCUT2D eigenvalue weighted by atomic mass is 32.1. The van der Waals surface area contributed by atoms with Crippen molar-refractivity contribution >= 4 is 17.2 Å². The van der Waals surface area contributed by atoms with Crippen molar-refractivity contribution in [3.63, 3.8) is 0 Å². The molecule has 0 spiro atoms. The van der Waals surface area contributed by atoms with E-state index in [4.69, 9.17) is 12.2 Å². The summed E-state index contributed by atoms with van der Waals surface area (Å²) in [5.74, 6) is 0. The summed E-state index contributed by atoms with van der Waals surface area (Å²) in [7, 11) is 0. The average molecular weight is 293 g/mol. The molecule has 0 fully saturated rings. The Kier molecular flexibility index (Phi) is 4.46. The predicted octanol–water partition coefficient (Wildman–Crippen LogP) is -0.272. The molecule has 0 saturated carbocycles. The molecule has 2 rings (SSSR count). The number of nitrogens with zero attached hydrogens (tertiary/aromatic N) is 2. The average Bonchev–Trinajstić information content (AvgIpc) is 2.89. The standard InChI is InChI=1S/C12H15N5O2S/c1-8-5-17(12(19)16-11(8)18)6-10(20)14-3-2-9-4-13-7-15-9/h4-5,7H,2-3,6H2,1H3,(H,13,15)(H,14,20)(H,16,18,19). The highest BCUT2D eigenvalue weighted by Crippen LogP contribution is 1.91. The Morgan fingerprint density at radius 3 is 3.00 bits per heavy atom. The molecule has 7 nitrogen and oxygen atoms in total. The lowest BCUT2D eigenvalue weighted by molar-refractivity contribution is 0.729. The third kappa shape index (κ3) is 3.64. The fraction of sp³-hybridized carbons (Fsp3) is 0.333. The minimum absolute atomic E-state index is 0.245. The van der Waals surface area contributed by atoms with Crippen LogP contribution in [0.2, 0.25) is 0 Å². The van der Waals surface area contributed by atoms with E-state index in [1.165, 1.54) is 10.8 Å². The first-order chi connectivity index (χ1) is 9.56. The fourth-order valence-electron chi connectivity index (χ4n) is 1.70. The number of nitrogens with one attached hydrogen (secondary N) is 3. The second kappa shape index (κ2) is 6.29. The number of aromatic amines is 2. The van der Waals surface area contributed by atoms with Gasteiger partial charge in [-0.2, -0.15) is 0 Å². The lowest BCUT2D eigenvalue weighted by Gasteiger charge is -2.09. The van der Waals surface area contributed by atoms with Crippen LogP contribution < -0.4 is 16.6 Å². The molecule has 0 bridgehead atoms. The Balaban J connectivity index is 1.90. The van der Waals surface area contributed by atoms with Gasteiger partial charge in [-0.3, -0.25) is 14.3 Å². The van der Waals surface area contributed by atoms with E-state index in [1.807, 2.05) is 0 Å². The number of aryl methyl sites for hydroxylation is 1. The summed E-state index contributed by atoms with van der Waals surface area (Å²) in [4.78, 5) is 32.5. The van der Waals surface area contributed by atoms with Crippen LogP contribution in [0.1, 0.15) is 11.3 Å². The molecular formula is C12H15N5O2S. The normalized spacial score (nSPS) is 10.4. The van der Waals surface area contributed by atoms with Crippen molar-refractivity contribution in [2.75, 3.05) is 6.54 Å². The Morgan fingerprint density at radius 1 is 1.50 bits per heavy atom. The van der Waals surface area contributed by atoms with Crippen molar-refractivity contribution in [2.45, 2.75) is 19.9 Å². The van der Waals surface area contributed by atoms with Crippen LogP contribution >= 0.6 is 12.2 Å². The third-order valence-electron chi connectivity index (χ3n) is 2.77. The molecule has 20 heavy (non-hydrogen) atoms. The SMILES string of the molecule is Cc1cn(CC(=S)NCCc2cnc[nH]2)c(=O)[nH]c1=O. The second-order valence-corrected chi connectivity index (χ2v) is 4.87. The summed E-state index contributed by atoms with van der Waals surface area (Å²) in [6.07, 6.45) is 5.64. The van der Waals surface area contributed by atoms with Gasteiger partial charge in [-0.15, -0.1) is 0 Å². The smallest absolute Gasteiger partial charge is 0.328 e. The Morgan fingerprint density at radius 2 is 2.30 bits per heavy atom. The van der Waals surface area contributed by atoms with Crippen LogP contribution in [0.3, 0.4) is 0 Å². The van der Waals surface area contributed by atoms with Crippen LogP contribution in [0, 0.1) is 6.92 Å². The first-order valence-electron chi connectivity index (χ1n) is 6.10. The maximum atomic E-state index is 11.6. The van der Waals surface area contributed by atoms with Crippen molar-refractivity contribution in [3.05, 3.63) is 50.8 Å². The van der Waals surface area contributed by atoms with Gasteiger partial charge in [0.05, 0.1) is 17.9 Å². The van der Waals surface area contributed by atoms with Gasteiger partial charge in [-0.05, 0) is 6.92 Å². The van der Waals surface area contributed by atoms with Crippen molar-refractivity contribution in [1.29, 1.82) is 0 Å². The van der Waals surface area contributed by atoms with E-state index in [1.54, 1.807) is 19.4 Å². The molecule has 0 amide bonds. The fourth-order valence-corrected chi connectivity index (χ4v) is 1.95. The van der Waals surface area contributed by atoms with Crippen LogP contribution in [0.5, 0.6) is 0 Å². The summed E-state index contributed by atoms with van der Waals surface area (Å²) in [6.45, 7) is 2.54. The summed E-state index contributed by atoms with van der Waals surface area (Å²) in [6, 6.07) is 0. The summed E-state index contributed by atoms with van der Waals surface area (Å²) >= 11 is 5.18. The van der Waals surface area contributed by atoms with E-state index >= 15 is 0 Å². The first kappa shape index (κ1) is 14.2. The number of thiocarbonyl (C=S) groups is 1. The number of imidazole rings is 1. The zero-order chi connectivity index (χ0) is 14.5. The van der Waals surface area contributed by atoms with E-state index in [0.29, 0.717) is 17.1 Å². The van der Waals surface area contributed by atoms with Gasteiger partial charge in [-0.25, -0.2) is 9.78 Å². The van der Waals surface area contributed by atoms with Gasteiger partial charge in [0.25, 0.3) is 5.56 Å². The Bertz CT molecular complexity index is 701. The molecule has 0 saturated heterocycles. The lowest BCUT2D eigenvalue weighted by atomic mass is 10.3. The molecule has 0 aliphatic rings. The number of H-pyrrole nitrogens is 2. The van der Waals surface area contributed by atoms with Gasteiger partial charge < -0.3 is 10.3 Å². The molecular weight excluding hydrogens is 278 g/mol. The van der Waals surface area contributed by atoms with E-state index in [9.17, 15) is 9.59 Å². The molecule has 3 N–H and O–H groups in total. The maximum absolute atomic E-state index is 11.6. The minimum Gasteiger partial charge on any atom is -0.378 e. The molecule has 2 aromatic heterocycles. The van der Waals surface area contributed by atoms with Crippen LogP contribution in [0.25, 0.3) is 0 Å². The van der Waals surface area contributed by atoms with Gasteiger partial charge in [-0.1, -0.05) is 12.2 Å². The van der Waals surface area contributed by atoms with Gasteiger partial charge in [0, 0.05) is 36.6 Å². The highest BCUT2D eigenvalue weighted by Gasteiger charge is 2.03. The summed E-state index contributed by atoms with van der Waals surface area (Å²) < 4.78 is 1.38. The molecule has 8 heteroatoms. The topological polar surface area (TPSA) is 95.6 Å². The molecule has 0 aliphatic heterocycles. The second-order valence-electron chi connectivity index (χ2n) is 4.38. The summed E-state index contributed by atoms with van der Waals surface area (Å²) in [5, 5.41) is 3.06. The van der Waals surface area contributed by atoms with Crippen molar-refractivity contribution in [3.8, 4) is 0 Å². The predicted molar refractivity (Wildman–Crippen MR) is 79.0 cm³/mol. The highest BCUT2D eigenvalue weighted by molar-refractivity contribution is 7.80. The number of hydrogen-bond acceptors (Lipinski definition) is 4. The maximum Gasteiger partial charge on any atom is 0.328 e. The molecule has 0 radical (unpaired) electrons. The molecule has 2 aromatic rings. The lowest BCUT2D eigenvalue weighted by Crippen LogP contribution is -2.36. The van der Waals surface area contributed by atoms with Crippen LogP contribution in [0.15, 0.2) is 28.3 Å². The zero-order valence-electron chi connectivity index (χ0n) is 11.0. The van der Waals surface area contributed by atoms with E-state index < -0.39 is 5.69 Å². The number of hydrogen-bond donors (Lipinski definition) is 3. The molecule has 0 aromatic carbocycles. The third-order valence-corrected chi connectivity index (χ3v) is 3.05. The molecule has 0 atom stereocenters. The first-order valence-corrected chi connectivity index (χ1v) is 6.51. The van der Waals surface area contributed by atoms with Gasteiger partial charge in [0.1, 0.15) is 0 Å². The quantitative estimate of drug-likeness (QED) is 0.659. The zero-order valence-corrected chi connectivity index (χ0v) is 11.8. The van der Waals surface area contributed by atoms with Crippen LogP contribution in [-0.4, -0.2) is 31.1 Å². The van der Waals surface area contributed by atoms with Gasteiger partial charge in [0.15, 0.2) is 0 Å². The monoisotopic (exact) mass is 293 g/mol.